The van der Waals surface area contributed by atoms with Crippen LogP contribution in [0.3, 0.4) is 0 Å². The van der Waals surface area contributed by atoms with Crippen molar-refractivity contribution in [2.24, 2.45) is 0 Å². The second-order valence-corrected chi connectivity index (χ2v) is 22.4. The molecule has 1 atom stereocenters. The molecule has 0 radical (unpaired) electrons. The Labute approximate surface area is 472 Å². The minimum Gasteiger partial charge on any atom is -0.462 e. The SMILES string of the molecule is CC/C=C\C/C=C\C/C=C\C/C=C\CCCCCCC(=O)OC(COC(=O)CCCCCCC/C=C\CCCCCCCC)COC(=O)CCCCCCCCCCCCCCCCCCCCCCCCCCCC. The summed E-state index contributed by atoms with van der Waals surface area (Å²) in [6.07, 6.45) is 82.4. The Morgan fingerprint density at radius 2 is 0.513 bits per heavy atom. The van der Waals surface area contributed by atoms with Crippen LogP contribution in [0.25, 0.3) is 0 Å². The zero-order valence-corrected chi connectivity index (χ0v) is 50.8. The van der Waals surface area contributed by atoms with E-state index in [4.69, 9.17) is 14.2 Å². The van der Waals surface area contributed by atoms with Crippen molar-refractivity contribution in [1.82, 2.24) is 0 Å². The maximum atomic E-state index is 12.9. The summed E-state index contributed by atoms with van der Waals surface area (Å²) >= 11 is 0. The third-order valence-corrected chi connectivity index (χ3v) is 14.8. The molecule has 0 aromatic rings. The molecule has 0 saturated carbocycles. The molecule has 0 aliphatic carbocycles. The fourth-order valence-corrected chi connectivity index (χ4v) is 9.79. The smallest absolute Gasteiger partial charge is 0.306 e. The molecular formula is C70H126O6. The highest BCUT2D eigenvalue weighted by molar-refractivity contribution is 5.71. The standard InChI is InChI=1S/C70H126O6/c1-4-7-10-13-16-19-22-25-28-30-31-32-33-34-35-36-37-38-40-42-45-48-51-54-57-60-63-69(72)75-66-67(65-74-68(71)62-59-56-53-50-47-44-41-27-24-21-18-15-12-9-6-3)76-70(73)64-61-58-55-52-49-46-43-39-29-26-23-20-17-14-11-8-5-2/h8,11,17,20,26-27,29,41,43,46,67H,4-7,9-10,12-16,18-19,21-25,28,30-40,42,44-45,47-66H2,1-3H3/b11-8-,20-17-,29-26-,41-27-,46-43-. The Morgan fingerprint density at radius 3 is 0.816 bits per heavy atom. The monoisotopic (exact) mass is 1060 g/mol. The molecule has 0 aromatic heterocycles. The van der Waals surface area contributed by atoms with E-state index in [-0.39, 0.29) is 31.1 Å². The number of unbranched alkanes of at least 4 members (excludes halogenated alkanes) is 40. The molecule has 0 N–H and O–H groups in total. The highest BCUT2D eigenvalue weighted by atomic mass is 16.6. The number of rotatable bonds is 61. The number of ether oxygens (including phenoxy) is 3. The van der Waals surface area contributed by atoms with Gasteiger partial charge in [-0.2, -0.15) is 0 Å². The summed E-state index contributed by atoms with van der Waals surface area (Å²) in [5.74, 6) is -0.897. The summed E-state index contributed by atoms with van der Waals surface area (Å²) in [4.78, 5) is 38.3. The quantitative estimate of drug-likeness (QED) is 0.0261. The lowest BCUT2D eigenvalue weighted by molar-refractivity contribution is -0.167. The van der Waals surface area contributed by atoms with E-state index in [1.165, 1.54) is 205 Å². The molecule has 0 saturated heterocycles. The van der Waals surface area contributed by atoms with Gasteiger partial charge in [0.05, 0.1) is 0 Å². The lowest BCUT2D eigenvalue weighted by Gasteiger charge is -2.18. The highest BCUT2D eigenvalue weighted by Crippen LogP contribution is 2.18. The predicted molar refractivity (Wildman–Crippen MR) is 330 cm³/mol. The first-order valence-electron chi connectivity index (χ1n) is 33.3. The van der Waals surface area contributed by atoms with E-state index < -0.39 is 6.10 Å². The van der Waals surface area contributed by atoms with Crippen LogP contribution >= 0.6 is 0 Å². The van der Waals surface area contributed by atoms with Crippen LogP contribution in [0.15, 0.2) is 60.8 Å². The second-order valence-electron chi connectivity index (χ2n) is 22.4. The molecule has 0 amide bonds. The molecule has 0 rings (SSSR count). The number of carbonyl (C=O) groups excluding carboxylic acids is 3. The van der Waals surface area contributed by atoms with Gasteiger partial charge in [-0.3, -0.25) is 14.4 Å². The van der Waals surface area contributed by atoms with Crippen molar-refractivity contribution >= 4 is 17.9 Å². The van der Waals surface area contributed by atoms with E-state index in [1.807, 2.05) is 0 Å². The molecule has 0 fully saturated rings. The molecule has 1 unspecified atom stereocenters. The van der Waals surface area contributed by atoms with Crippen LogP contribution in [0, 0.1) is 0 Å². The molecular weight excluding hydrogens is 937 g/mol. The van der Waals surface area contributed by atoms with Crippen LogP contribution in [0.2, 0.25) is 0 Å². The van der Waals surface area contributed by atoms with Crippen molar-refractivity contribution < 1.29 is 28.6 Å². The average Bonchev–Trinajstić information content (AvgIpc) is 3.42. The molecule has 0 heterocycles. The van der Waals surface area contributed by atoms with E-state index in [0.717, 1.165) is 103 Å². The van der Waals surface area contributed by atoms with Gasteiger partial charge in [0.25, 0.3) is 0 Å². The molecule has 6 heteroatoms. The van der Waals surface area contributed by atoms with Crippen molar-refractivity contribution in [3.63, 3.8) is 0 Å². The molecule has 76 heavy (non-hydrogen) atoms. The topological polar surface area (TPSA) is 78.9 Å². The molecule has 442 valence electrons. The third kappa shape index (κ3) is 62.0. The Morgan fingerprint density at radius 1 is 0.276 bits per heavy atom. The van der Waals surface area contributed by atoms with Crippen LogP contribution in [-0.4, -0.2) is 37.2 Å². The molecule has 0 aliphatic rings. The number of hydrogen-bond acceptors (Lipinski definition) is 6. The van der Waals surface area contributed by atoms with Gasteiger partial charge in [0, 0.05) is 19.3 Å². The van der Waals surface area contributed by atoms with Crippen LogP contribution in [-0.2, 0) is 28.6 Å². The molecule has 0 aromatic carbocycles. The predicted octanol–water partition coefficient (Wildman–Crippen LogP) is 22.7. The molecule has 0 bridgehead atoms. The van der Waals surface area contributed by atoms with Gasteiger partial charge < -0.3 is 14.2 Å². The highest BCUT2D eigenvalue weighted by Gasteiger charge is 2.19. The Bertz CT molecular complexity index is 1360. The first kappa shape index (κ1) is 73.1. The van der Waals surface area contributed by atoms with Gasteiger partial charge in [0.15, 0.2) is 6.10 Å². The zero-order chi connectivity index (χ0) is 55.0. The summed E-state index contributed by atoms with van der Waals surface area (Å²) in [5.41, 5.74) is 0. The van der Waals surface area contributed by atoms with Gasteiger partial charge in [-0.05, 0) is 83.5 Å². The summed E-state index contributed by atoms with van der Waals surface area (Å²) in [6, 6.07) is 0. The number of allylic oxidation sites excluding steroid dienone is 10. The van der Waals surface area contributed by atoms with Gasteiger partial charge in [-0.1, -0.05) is 306 Å². The minimum atomic E-state index is -0.790. The van der Waals surface area contributed by atoms with Crippen molar-refractivity contribution in [1.29, 1.82) is 0 Å². The first-order chi connectivity index (χ1) is 37.5. The van der Waals surface area contributed by atoms with E-state index >= 15 is 0 Å². The Balaban J connectivity index is 4.28. The number of esters is 3. The number of carbonyl (C=O) groups is 3. The summed E-state index contributed by atoms with van der Waals surface area (Å²) in [6.45, 7) is 6.55. The van der Waals surface area contributed by atoms with Gasteiger partial charge in [0.2, 0.25) is 0 Å². The lowest BCUT2D eigenvalue weighted by Crippen LogP contribution is -2.30. The Hall–Kier alpha value is -2.89. The van der Waals surface area contributed by atoms with Gasteiger partial charge in [-0.25, -0.2) is 0 Å². The normalized spacial score (nSPS) is 12.4. The van der Waals surface area contributed by atoms with Gasteiger partial charge in [0.1, 0.15) is 13.2 Å². The molecule has 6 nitrogen and oxygen atoms in total. The first-order valence-corrected chi connectivity index (χ1v) is 33.3. The second kappa shape index (κ2) is 64.6. The fourth-order valence-electron chi connectivity index (χ4n) is 9.79. The van der Waals surface area contributed by atoms with Crippen LogP contribution in [0.1, 0.15) is 348 Å². The molecule has 0 spiro atoms. The van der Waals surface area contributed by atoms with E-state index in [1.54, 1.807) is 0 Å². The Kier molecular flexibility index (Phi) is 62.2. The maximum Gasteiger partial charge on any atom is 0.306 e. The minimum absolute atomic E-state index is 0.0837. The maximum absolute atomic E-state index is 12.9. The largest absolute Gasteiger partial charge is 0.462 e. The van der Waals surface area contributed by atoms with Crippen LogP contribution in [0.4, 0.5) is 0 Å². The zero-order valence-electron chi connectivity index (χ0n) is 50.8. The van der Waals surface area contributed by atoms with Crippen LogP contribution < -0.4 is 0 Å². The van der Waals surface area contributed by atoms with Gasteiger partial charge >= 0.3 is 17.9 Å². The van der Waals surface area contributed by atoms with E-state index in [0.29, 0.717) is 19.3 Å². The van der Waals surface area contributed by atoms with Crippen molar-refractivity contribution in [2.75, 3.05) is 13.2 Å². The summed E-state index contributed by atoms with van der Waals surface area (Å²) in [7, 11) is 0. The van der Waals surface area contributed by atoms with E-state index in [2.05, 4.69) is 81.5 Å². The van der Waals surface area contributed by atoms with E-state index in [9.17, 15) is 14.4 Å². The molecule has 0 aliphatic heterocycles. The average molecular weight is 1060 g/mol. The lowest BCUT2D eigenvalue weighted by atomic mass is 10.0. The van der Waals surface area contributed by atoms with Crippen LogP contribution in [0.5, 0.6) is 0 Å². The third-order valence-electron chi connectivity index (χ3n) is 14.8. The van der Waals surface area contributed by atoms with Crippen molar-refractivity contribution in [2.45, 2.75) is 354 Å². The number of hydrogen-bond donors (Lipinski definition) is 0. The summed E-state index contributed by atoms with van der Waals surface area (Å²) < 4.78 is 16.9. The van der Waals surface area contributed by atoms with Crippen molar-refractivity contribution in [3.05, 3.63) is 60.8 Å². The van der Waals surface area contributed by atoms with Gasteiger partial charge in [-0.15, -0.1) is 0 Å². The fraction of sp³-hybridized carbons (Fsp3) is 0.814. The summed E-state index contributed by atoms with van der Waals surface area (Å²) in [5, 5.41) is 0. The van der Waals surface area contributed by atoms with Crippen molar-refractivity contribution in [3.8, 4) is 0 Å².